The van der Waals surface area contributed by atoms with Crippen LogP contribution in [0.4, 0.5) is 17.1 Å². The number of nitrogens with one attached hydrogen (secondary N) is 2. The molecular formula is C21H27N3O3. The predicted molar refractivity (Wildman–Crippen MR) is 109 cm³/mol. The van der Waals surface area contributed by atoms with Gasteiger partial charge < -0.3 is 20.3 Å². The van der Waals surface area contributed by atoms with Crippen LogP contribution in [-0.4, -0.2) is 32.0 Å². The molecule has 144 valence electrons. The lowest BCUT2D eigenvalue weighted by Crippen LogP contribution is -2.23. The van der Waals surface area contributed by atoms with Crippen LogP contribution in [0.25, 0.3) is 0 Å². The molecule has 0 aliphatic rings. The monoisotopic (exact) mass is 369 g/mol. The molecule has 0 radical (unpaired) electrons. The lowest BCUT2D eigenvalue weighted by Gasteiger charge is -2.15. The Hall–Kier alpha value is -3.02. The van der Waals surface area contributed by atoms with Crippen LogP contribution in [0.2, 0.25) is 0 Å². The van der Waals surface area contributed by atoms with Crippen molar-refractivity contribution in [2.75, 3.05) is 35.7 Å². The molecule has 6 heteroatoms. The van der Waals surface area contributed by atoms with Gasteiger partial charge in [-0.15, -0.1) is 0 Å². The van der Waals surface area contributed by atoms with Crippen LogP contribution in [0.3, 0.4) is 0 Å². The third-order valence-corrected chi connectivity index (χ3v) is 4.06. The first-order chi connectivity index (χ1) is 13.0. The summed E-state index contributed by atoms with van der Waals surface area (Å²) in [5, 5.41) is 5.92. The Morgan fingerprint density at radius 3 is 2.48 bits per heavy atom. The summed E-state index contributed by atoms with van der Waals surface area (Å²) >= 11 is 0. The summed E-state index contributed by atoms with van der Waals surface area (Å²) in [7, 11) is 1.71. The number of ether oxygens (including phenoxy) is 1. The Balaban J connectivity index is 1.84. The molecule has 0 unspecified atom stereocenters. The summed E-state index contributed by atoms with van der Waals surface area (Å²) in [5.41, 5.74) is 2.29. The lowest BCUT2D eigenvalue weighted by molar-refractivity contribution is -0.116. The van der Waals surface area contributed by atoms with E-state index in [9.17, 15) is 9.59 Å². The standard InChI is InChI=1S/C21H27N3O3/c1-4-5-13-27-20-8-6-7-18(14-20)22-15-21(26)23-17-9-11-19(12-10-17)24(3)16(2)25/h6-12,14,22H,4-5,13,15H2,1-3H3,(H,23,26). The molecule has 6 nitrogen and oxygen atoms in total. The minimum atomic E-state index is -0.153. The second-order valence-corrected chi connectivity index (χ2v) is 6.26. The number of amides is 2. The SMILES string of the molecule is CCCCOc1cccc(NCC(=O)Nc2ccc(N(C)C(C)=O)cc2)c1. The van der Waals surface area contributed by atoms with Crippen molar-refractivity contribution in [2.24, 2.45) is 0 Å². The van der Waals surface area contributed by atoms with E-state index in [1.165, 1.54) is 6.92 Å². The summed E-state index contributed by atoms with van der Waals surface area (Å²) in [6, 6.07) is 14.7. The molecule has 0 saturated heterocycles. The highest BCUT2D eigenvalue weighted by Gasteiger charge is 2.07. The summed E-state index contributed by atoms with van der Waals surface area (Å²) in [4.78, 5) is 25.0. The van der Waals surface area contributed by atoms with Gasteiger partial charge in [0.15, 0.2) is 0 Å². The Morgan fingerprint density at radius 1 is 1.07 bits per heavy atom. The van der Waals surface area contributed by atoms with Crippen molar-refractivity contribution in [3.05, 3.63) is 48.5 Å². The van der Waals surface area contributed by atoms with Gasteiger partial charge in [-0.25, -0.2) is 0 Å². The zero-order valence-corrected chi connectivity index (χ0v) is 16.1. The molecule has 2 rings (SSSR count). The first-order valence-electron chi connectivity index (χ1n) is 9.10. The highest BCUT2D eigenvalue weighted by atomic mass is 16.5. The van der Waals surface area contributed by atoms with Crippen molar-refractivity contribution in [3.63, 3.8) is 0 Å². The highest BCUT2D eigenvalue weighted by Crippen LogP contribution is 2.18. The summed E-state index contributed by atoms with van der Waals surface area (Å²) in [6.45, 7) is 4.46. The number of hydrogen-bond acceptors (Lipinski definition) is 4. The van der Waals surface area contributed by atoms with Crippen molar-refractivity contribution >= 4 is 28.9 Å². The molecule has 0 heterocycles. The van der Waals surface area contributed by atoms with Crippen molar-refractivity contribution in [1.29, 1.82) is 0 Å². The zero-order valence-electron chi connectivity index (χ0n) is 16.1. The highest BCUT2D eigenvalue weighted by molar-refractivity contribution is 5.94. The number of carbonyl (C=O) groups excluding carboxylic acids is 2. The quantitative estimate of drug-likeness (QED) is 0.658. The molecule has 0 aliphatic carbocycles. The summed E-state index contributed by atoms with van der Waals surface area (Å²) in [6.07, 6.45) is 2.10. The van der Waals surface area contributed by atoms with Crippen LogP contribution >= 0.6 is 0 Å². The van der Waals surface area contributed by atoms with Gasteiger partial charge in [0.05, 0.1) is 13.2 Å². The smallest absolute Gasteiger partial charge is 0.243 e. The molecule has 2 aromatic carbocycles. The Kier molecular flexibility index (Phi) is 7.67. The molecular weight excluding hydrogens is 342 g/mol. The van der Waals surface area contributed by atoms with E-state index in [4.69, 9.17) is 4.74 Å². The molecule has 0 saturated carbocycles. The van der Waals surface area contributed by atoms with Gasteiger partial charge in [-0.1, -0.05) is 19.4 Å². The molecule has 0 aromatic heterocycles. The van der Waals surface area contributed by atoms with E-state index in [0.717, 1.165) is 30.0 Å². The number of benzene rings is 2. The predicted octanol–water partition coefficient (Wildman–Crippen LogP) is 3.90. The maximum atomic E-state index is 12.1. The summed E-state index contributed by atoms with van der Waals surface area (Å²) < 4.78 is 5.67. The van der Waals surface area contributed by atoms with Gasteiger partial charge in [0, 0.05) is 37.1 Å². The van der Waals surface area contributed by atoms with Crippen LogP contribution in [0.15, 0.2) is 48.5 Å². The summed E-state index contributed by atoms with van der Waals surface area (Å²) in [5.74, 6) is 0.593. The average molecular weight is 369 g/mol. The topological polar surface area (TPSA) is 70.7 Å². The van der Waals surface area contributed by atoms with E-state index < -0.39 is 0 Å². The maximum Gasteiger partial charge on any atom is 0.243 e. The third kappa shape index (κ3) is 6.66. The van der Waals surface area contributed by atoms with E-state index in [-0.39, 0.29) is 18.4 Å². The normalized spacial score (nSPS) is 10.2. The van der Waals surface area contributed by atoms with E-state index in [2.05, 4.69) is 17.6 Å². The fraction of sp³-hybridized carbons (Fsp3) is 0.333. The van der Waals surface area contributed by atoms with Gasteiger partial charge in [-0.2, -0.15) is 0 Å². The molecule has 0 aliphatic heterocycles. The molecule has 0 fully saturated rings. The van der Waals surface area contributed by atoms with Gasteiger partial charge in [0.2, 0.25) is 11.8 Å². The minimum absolute atomic E-state index is 0.0445. The number of nitrogens with zero attached hydrogens (tertiary/aromatic N) is 1. The van der Waals surface area contributed by atoms with E-state index in [1.807, 2.05) is 24.3 Å². The van der Waals surface area contributed by atoms with Crippen LogP contribution < -0.4 is 20.3 Å². The first kappa shape index (κ1) is 20.3. The Bertz CT molecular complexity index is 760. The second-order valence-electron chi connectivity index (χ2n) is 6.26. The molecule has 0 bridgehead atoms. The van der Waals surface area contributed by atoms with Crippen molar-refractivity contribution in [3.8, 4) is 5.75 Å². The minimum Gasteiger partial charge on any atom is -0.494 e. The number of carbonyl (C=O) groups is 2. The number of unbranched alkanes of at least 4 members (excludes halogenated alkanes) is 1. The zero-order chi connectivity index (χ0) is 19.6. The van der Waals surface area contributed by atoms with Crippen LogP contribution in [-0.2, 0) is 9.59 Å². The molecule has 2 N–H and O–H groups in total. The Labute approximate surface area is 160 Å². The fourth-order valence-corrected chi connectivity index (χ4v) is 2.37. The van der Waals surface area contributed by atoms with Gasteiger partial charge in [-0.05, 0) is 42.8 Å². The van der Waals surface area contributed by atoms with E-state index in [1.54, 1.807) is 36.2 Å². The lowest BCUT2D eigenvalue weighted by atomic mass is 10.2. The van der Waals surface area contributed by atoms with Gasteiger partial charge in [-0.3, -0.25) is 9.59 Å². The average Bonchev–Trinajstić information content (AvgIpc) is 2.67. The maximum absolute atomic E-state index is 12.1. The molecule has 0 atom stereocenters. The van der Waals surface area contributed by atoms with Crippen molar-refractivity contribution in [2.45, 2.75) is 26.7 Å². The van der Waals surface area contributed by atoms with Crippen LogP contribution in [0.5, 0.6) is 5.75 Å². The van der Waals surface area contributed by atoms with E-state index in [0.29, 0.717) is 12.3 Å². The van der Waals surface area contributed by atoms with Crippen LogP contribution in [0, 0.1) is 0 Å². The molecule has 0 spiro atoms. The largest absolute Gasteiger partial charge is 0.494 e. The fourth-order valence-electron chi connectivity index (χ4n) is 2.37. The second kappa shape index (κ2) is 10.2. The third-order valence-electron chi connectivity index (χ3n) is 4.06. The Morgan fingerprint density at radius 2 is 1.81 bits per heavy atom. The van der Waals surface area contributed by atoms with Crippen molar-refractivity contribution < 1.29 is 14.3 Å². The van der Waals surface area contributed by atoms with Gasteiger partial charge >= 0.3 is 0 Å². The van der Waals surface area contributed by atoms with Crippen LogP contribution in [0.1, 0.15) is 26.7 Å². The van der Waals surface area contributed by atoms with Gasteiger partial charge in [0.25, 0.3) is 0 Å². The number of rotatable bonds is 9. The van der Waals surface area contributed by atoms with E-state index >= 15 is 0 Å². The number of anilines is 3. The first-order valence-corrected chi connectivity index (χ1v) is 9.10. The molecule has 2 amide bonds. The number of hydrogen-bond donors (Lipinski definition) is 2. The molecule has 27 heavy (non-hydrogen) atoms. The molecule has 2 aromatic rings. The van der Waals surface area contributed by atoms with Gasteiger partial charge in [0.1, 0.15) is 5.75 Å². The van der Waals surface area contributed by atoms with Crippen molar-refractivity contribution in [1.82, 2.24) is 0 Å².